The fourth-order valence-corrected chi connectivity index (χ4v) is 2.14. The molecule has 0 unspecified atom stereocenters. The van der Waals surface area contributed by atoms with Crippen molar-refractivity contribution in [2.24, 2.45) is 0 Å². The average Bonchev–Trinajstić information content (AvgIpc) is 2.46. The molecule has 2 rings (SSSR count). The Morgan fingerprint density at radius 3 is 2.53 bits per heavy atom. The van der Waals surface area contributed by atoms with Crippen LogP contribution in [-0.4, -0.2) is 7.11 Å². The van der Waals surface area contributed by atoms with Gasteiger partial charge in [-0.3, -0.25) is 0 Å². The smallest absolute Gasteiger partial charge is 0.126 e. The highest BCUT2D eigenvalue weighted by Crippen LogP contribution is 2.32. The van der Waals surface area contributed by atoms with Gasteiger partial charge in [-0.15, -0.1) is 0 Å². The normalized spacial score (nSPS) is 10.5. The Morgan fingerprint density at radius 2 is 1.89 bits per heavy atom. The van der Waals surface area contributed by atoms with E-state index in [0.717, 1.165) is 16.9 Å². The van der Waals surface area contributed by atoms with Crippen molar-refractivity contribution in [3.8, 4) is 16.9 Å². The Labute approximate surface area is 115 Å². The Kier molecular flexibility index (Phi) is 4.06. The standard InChI is InChI=1S/C18H20O/c1-5-14-9-10-18(19-4)17(11-14)16-8-6-7-15(12-16)13(2)3/h5-13H,1H2,2-4H3. The molecular weight excluding hydrogens is 232 g/mol. The molecule has 0 aliphatic carbocycles. The Morgan fingerprint density at radius 1 is 1.11 bits per heavy atom. The topological polar surface area (TPSA) is 9.23 Å². The van der Waals surface area contributed by atoms with Gasteiger partial charge in [-0.05, 0) is 34.7 Å². The molecule has 0 aliphatic rings. The number of methoxy groups -OCH3 is 1. The summed E-state index contributed by atoms with van der Waals surface area (Å²) in [5.74, 6) is 1.42. The molecule has 1 heteroatoms. The summed E-state index contributed by atoms with van der Waals surface area (Å²) >= 11 is 0. The number of ether oxygens (including phenoxy) is 1. The van der Waals surface area contributed by atoms with Crippen LogP contribution in [0, 0.1) is 0 Å². The second kappa shape index (κ2) is 5.75. The van der Waals surface area contributed by atoms with Crippen molar-refractivity contribution in [3.63, 3.8) is 0 Å². The van der Waals surface area contributed by atoms with Gasteiger partial charge in [0.2, 0.25) is 0 Å². The van der Waals surface area contributed by atoms with Crippen LogP contribution >= 0.6 is 0 Å². The largest absolute Gasteiger partial charge is 0.496 e. The molecule has 0 amide bonds. The lowest BCUT2D eigenvalue weighted by Gasteiger charge is -2.12. The van der Waals surface area contributed by atoms with Crippen LogP contribution in [0.1, 0.15) is 30.9 Å². The minimum Gasteiger partial charge on any atom is -0.496 e. The number of hydrogen-bond donors (Lipinski definition) is 0. The summed E-state index contributed by atoms with van der Waals surface area (Å²) in [5, 5.41) is 0. The first kappa shape index (κ1) is 13.4. The molecule has 1 nitrogen and oxygen atoms in total. The third-order valence-corrected chi connectivity index (χ3v) is 3.32. The van der Waals surface area contributed by atoms with E-state index in [0.29, 0.717) is 5.92 Å². The van der Waals surface area contributed by atoms with Crippen molar-refractivity contribution in [3.05, 3.63) is 60.2 Å². The van der Waals surface area contributed by atoms with Crippen molar-refractivity contribution in [1.29, 1.82) is 0 Å². The van der Waals surface area contributed by atoms with Crippen molar-refractivity contribution in [1.82, 2.24) is 0 Å². The number of rotatable bonds is 4. The second-order valence-corrected chi connectivity index (χ2v) is 4.94. The summed E-state index contributed by atoms with van der Waals surface area (Å²) in [5.41, 5.74) is 4.74. The molecule has 0 radical (unpaired) electrons. The predicted molar refractivity (Wildman–Crippen MR) is 82.6 cm³/mol. The molecule has 19 heavy (non-hydrogen) atoms. The fourth-order valence-electron chi connectivity index (χ4n) is 2.14. The fraction of sp³-hybridized carbons (Fsp3) is 0.222. The highest BCUT2D eigenvalue weighted by Gasteiger charge is 2.08. The first-order chi connectivity index (χ1) is 9.15. The quantitative estimate of drug-likeness (QED) is 0.733. The van der Waals surface area contributed by atoms with Gasteiger partial charge in [0.05, 0.1) is 7.11 Å². The Bertz CT molecular complexity index is 582. The van der Waals surface area contributed by atoms with E-state index in [1.807, 2.05) is 18.2 Å². The average molecular weight is 252 g/mol. The Hall–Kier alpha value is -2.02. The molecule has 2 aromatic carbocycles. The van der Waals surface area contributed by atoms with E-state index in [1.54, 1.807) is 7.11 Å². The molecule has 0 fully saturated rings. The molecule has 0 spiro atoms. The zero-order valence-electron chi connectivity index (χ0n) is 11.8. The van der Waals surface area contributed by atoms with Gasteiger partial charge < -0.3 is 4.74 Å². The van der Waals surface area contributed by atoms with Gasteiger partial charge in [-0.25, -0.2) is 0 Å². The van der Waals surface area contributed by atoms with Gasteiger partial charge in [0.25, 0.3) is 0 Å². The van der Waals surface area contributed by atoms with Crippen LogP contribution in [0.3, 0.4) is 0 Å². The van der Waals surface area contributed by atoms with Crippen molar-refractivity contribution in [2.45, 2.75) is 19.8 Å². The summed E-state index contributed by atoms with van der Waals surface area (Å²) in [4.78, 5) is 0. The molecule has 0 heterocycles. The third-order valence-electron chi connectivity index (χ3n) is 3.32. The SMILES string of the molecule is C=Cc1ccc(OC)c(-c2cccc(C(C)C)c2)c1. The summed E-state index contributed by atoms with van der Waals surface area (Å²) in [6.07, 6.45) is 1.86. The lowest BCUT2D eigenvalue weighted by atomic mass is 9.96. The predicted octanol–water partition coefficient (Wildman–Crippen LogP) is 5.13. The van der Waals surface area contributed by atoms with Gasteiger partial charge in [0.15, 0.2) is 0 Å². The van der Waals surface area contributed by atoms with Crippen LogP contribution in [-0.2, 0) is 0 Å². The zero-order chi connectivity index (χ0) is 13.8. The van der Waals surface area contributed by atoms with E-state index >= 15 is 0 Å². The van der Waals surface area contributed by atoms with E-state index < -0.39 is 0 Å². The zero-order valence-corrected chi connectivity index (χ0v) is 11.8. The monoisotopic (exact) mass is 252 g/mol. The van der Waals surface area contributed by atoms with Gasteiger partial charge in [0, 0.05) is 5.56 Å². The maximum atomic E-state index is 5.47. The van der Waals surface area contributed by atoms with Crippen LogP contribution in [0.4, 0.5) is 0 Å². The molecule has 2 aromatic rings. The number of hydrogen-bond acceptors (Lipinski definition) is 1. The molecule has 0 saturated heterocycles. The minimum absolute atomic E-state index is 0.522. The maximum Gasteiger partial charge on any atom is 0.126 e. The summed E-state index contributed by atoms with van der Waals surface area (Å²) in [6.45, 7) is 8.24. The first-order valence-electron chi connectivity index (χ1n) is 6.56. The van der Waals surface area contributed by atoms with Gasteiger partial charge in [-0.2, -0.15) is 0 Å². The van der Waals surface area contributed by atoms with E-state index in [4.69, 9.17) is 4.74 Å². The molecule has 0 atom stereocenters. The van der Waals surface area contributed by atoms with E-state index in [9.17, 15) is 0 Å². The van der Waals surface area contributed by atoms with Gasteiger partial charge in [0.1, 0.15) is 5.75 Å². The van der Waals surface area contributed by atoms with Crippen LogP contribution in [0.2, 0.25) is 0 Å². The van der Waals surface area contributed by atoms with Crippen molar-refractivity contribution >= 4 is 6.08 Å². The summed E-state index contributed by atoms with van der Waals surface area (Å²) < 4.78 is 5.47. The molecule has 0 aliphatic heterocycles. The summed E-state index contributed by atoms with van der Waals surface area (Å²) in [6, 6.07) is 14.7. The molecule has 0 bridgehead atoms. The highest BCUT2D eigenvalue weighted by molar-refractivity contribution is 5.74. The maximum absolute atomic E-state index is 5.47. The van der Waals surface area contributed by atoms with E-state index in [-0.39, 0.29) is 0 Å². The van der Waals surface area contributed by atoms with Crippen molar-refractivity contribution in [2.75, 3.05) is 7.11 Å². The molecule has 0 saturated carbocycles. The van der Waals surface area contributed by atoms with E-state index in [2.05, 4.69) is 50.8 Å². The summed E-state index contributed by atoms with van der Waals surface area (Å²) in [7, 11) is 1.71. The molecule has 0 aromatic heterocycles. The lowest BCUT2D eigenvalue weighted by molar-refractivity contribution is 0.416. The number of benzene rings is 2. The van der Waals surface area contributed by atoms with Gasteiger partial charge in [-0.1, -0.05) is 56.8 Å². The Balaban J connectivity index is 2.56. The lowest BCUT2D eigenvalue weighted by Crippen LogP contribution is -1.91. The van der Waals surface area contributed by atoms with E-state index in [1.165, 1.54) is 11.1 Å². The van der Waals surface area contributed by atoms with Gasteiger partial charge >= 0.3 is 0 Å². The molecular formula is C18H20O. The van der Waals surface area contributed by atoms with Crippen LogP contribution in [0.25, 0.3) is 17.2 Å². The van der Waals surface area contributed by atoms with Crippen LogP contribution in [0.5, 0.6) is 5.75 Å². The molecule has 98 valence electrons. The minimum atomic E-state index is 0.522. The first-order valence-corrected chi connectivity index (χ1v) is 6.56. The highest BCUT2D eigenvalue weighted by atomic mass is 16.5. The molecule has 0 N–H and O–H groups in total. The van der Waals surface area contributed by atoms with Crippen LogP contribution < -0.4 is 4.74 Å². The van der Waals surface area contributed by atoms with Crippen LogP contribution in [0.15, 0.2) is 49.0 Å². The third kappa shape index (κ3) is 2.87. The van der Waals surface area contributed by atoms with Crippen molar-refractivity contribution < 1.29 is 4.74 Å². The second-order valence-electron chi connectivity index (χ2n) is 4.94.